The van der Waals surface area contributed by atoms with Crippen molar-refractivity contribution in [2.45, 2.75) is 77.6 Å². The Hall–Kier alpha value is -5.51. The first kappa shape index (κ1) is 36.8. The molecule has 1 N–H and O–H groups in total. The van der Waals surface area contributed by atoms with Crippen molar-refractivity contribution in [3.05, 3.63) is 120 Å². The van der Waals surface area contributed by atoms with Gasteiger partial charge in [-0.1, -0.05) is 96.2 Å². The van der Waals surface area contributed by atoms with Gasteiger partial charge in [0.25, 0.3) is 0 Å². The number of nitrogens with zero attached hydrogens (tertiary/aromatic N) is 4. The predicted octanol–water partition coefficient (Wildman–Crippen LogP) is 7.36. The third-order valence-electron chi connectivity index (χ3n) is 8.70. The maximum Gasteiger partial charge on any atom is 0.408 e. The number of carbonyl (C=O) groups is 3. The number of nitrogens with one attached hydrogen (secondary N) is 1. The van der Waals surface area contributed by atoms with E-state index in [0.717, 1.165) is 32.7 Å². The lowest BCUT2D eigenvalue weighted by molar-refractivity contribution is -0.143. The smallest absolute Gasteiger partial charge is 0.408 e. The van der Waals surface area contributed by atoms with Crippen molar-refractivity contribution < 1.29 is 23.6 Å². The van der Waals surface area contributed by atoms with Crippen LogP contribution in [-0.4, -0.2) is 69.1 Å². The van der Waals surface area contributed by atoms with Gasteiger partial charge in [-0.2, -0.15) is 4.98 Å². The molecule has 0 aliphatic rings. The molecule has 4 aromatic carbocycles. The van der Waals surface area contributed by atoms with Crippen LogP contribution in [0.5, 0.6) is 0 Å². The molecule has 10 nitrogen and oxygen atoms in total. The molecule has 2 atom stereocenters. The number of aromatic nitrogens is 2. The van der Waals surface area contributed by atoms with Crippen LogP contribution in [0.2, 0.25) is 0 Å². The molecule has 5 rings (SSSR count). The Morgan fingerprint density at radius 2 is 1.35 bits per heavy atom. The Bertz CT molecular complexity index is 2060. The number of alkyl carbamates (subject to hydrolysis) is 1. The Kier molecular flexibility index (Phi) is 10.9. The van der Waals surface area contributed by atoms with E-state index in [2.05, 4.69) is 39.7 Å². The van der Waals surface area contributed by atoms with Crippen molar-refractivity contribution in [3.8, 4) is 0 Å². The maximum absolute atomic E-state index is 14.7. The van der Waals surface area contributed by atoms with Crippen LogP contribution in [0.15, 0.2) is 102 Å². The molecule has 1 unspecified atom stereocenters. The minimum absolute atomic E-state index is 0.259. The summed E-state index contributed by atoms with van der Waals surface area (Å²) in [7, 11) is 3.33. The van der Waals surface area contributed by atoms with Crippen molar-refractivity contribution in [1.29, 1.82) is 0 Å². The summed E-state index contributed by atoms with van der Waals surface area (Å²) in [5, 5.41) is 11.1. The van der Waals surface area contributed by atoms with Gasteiger partial charge in [0.1, 0.15) is 17.7 Å². The van der Waals surface area contributed by atoms with E-state index in [1.54, 1.807) is 66.6 Å². The molecule has 0 aliphatic heterocycles. The second kappa shape index (κ2) is 15.2. The Morgan fingerprint density at radius 3 is 1.88 bits per heavy atom. The summed E-state index contributed by atoms with van der Waals surface area (Å²) in [4.78, 5) is 48.6. The number of aryl methyl sites for hydroxylation is 1. The summed E-state index contributed by atoms with van der Waals surface area (Å²) in [6, 6.07) is 26.9. The summed E-state index contributed by atoms with van der Waals surface area (Å²) in [5.41, 5.74) is 0.311. The fraction of sp³-hybridized carbons (Fsp3) is 0.341. The quantitative estimate of drug-likeness (QED) is 0.144. The van der Waals surface area contributed by atoms with E-state index in [1.165, 1.54) is 11.0 Å². The minimum atomic E-state index is -0.908. The maximum atomic E-state index is 14.7. The Morgan fingerprint density at radius 1 is 0.804 bits per heavy atom. The van der Waals surface area contributed by atoms with Gasteiger partial charge in [-0.15, -0.1) is 0 Å². The number of hydrogen-bond donors (Lipinski definition) is 1. The van der Waals surface area contributed by atoms with E-state index in [1.807, 2.05) is 60.7 Å². The average molecular weight is 690 g/mol. The molecule has 10 heteroatoms. The van der Waals surface area contributed by atoms with Crippen molar-refractivity contribution in [3.63, 3.8) is 0 Å². The second-order valence-electron chi connectivity index (χ2n) is 14.6. The van der Waals surface area contributed by atoms with Gasteiger partial charge in [-0.25, -0.2) is 4.79 Å². The van der Waals surface area contributed by atoms with Crippen LogP contribution in [0.4, 0.5) is 4.79 Å². The highest BCUT2D eigenvalue weighted by Gasteiger charge is 2.35. The zero-order chi connectivity index (χ0) is 36.9. The van der Waals surface area contributed by atoms with Crippen LogP contribution in [0, 0.1) is 6.92 Å². The van der Waals surface area contributed by atoms with E-state index < -0.39 is 35.2 Å². The largest absolute Gasteiger partial charge is 0.444 e. The molecule has 1 heterocycles. The van der Waals surface area contributed by atoms with Gasteiger partial charge in [0.2, 0.25) is 17.7 Å². The van der Waals surface area contributed by atoms with Gasteiger partial charge < -0.3 is 24.4 Å². The predicted molar refractivity (Wildman–Crippen MR) is 199 cm³/mol. The zero-order valence-corrected chi connectivity index (χ0v) is 30.6. The molecule has 0 aliphatic carbocycles. The molecule has 0 fully saturated rings. The van der Waals surface area contributed by atoms with Crippen LogP contribution in [-0.2, 0) is 27.2 Å². The van der Waals surface area contributed by atoms with Crippen LogP contribution in [0.25, 0.3) is 21.5 Å². The van der Waals surface area contributed by atoms with E-state index in [9.17, 15) is 14.4 Å². The summed E-state index contributed by atoms with van der Waals surface area (Å²) in [6.07, 6.45) is 3.05. The first-order valence-electron chi connectivity index (χ1n) is 17.1. The average Bonchev–Trinajstić information content (AvgIpc) is 3.52. The molecule has 3 amide bonds. The van der Waals surface area contributed by atoms with E-state index in [0.29, 0.717) is 18.1 Å². The molecule has 0 saturated carbocycles. The topological polar surface area (TPSA) is 118 Å². The highest BCUT2D eigenvalue weighted by Crippen LogP contribution is 2.28. The number of likely N-dealkylation sites (N-methyl/N-ethyl adjacent to an activating group) is 2. The molecule has 0 bridgehead atoms. The SMILES string of the molecule is Cc1noc([C@@H](Cc2ccc3ccccc3c2)N(C)C(=O)C(Cc2ccc3ccccc3c2)N(C)C(=O)/C=C/C(C)(C)NC(=O)OC(C)(C)C)n1. The fourth-order valence-corrected chi connectivity index (χ4v) is 5.95. The van der Waals surface area contributed by atoms with Crippen molar-refractivity contribution >= 4 is 39.5 Å². The minimum Gasteiger partial charge on any atom is -0.444 e. The Labute approximate surface area is 299 Å². The van der Waals surface area contributed by atoms with E-state index >= 15 is 0 Å². The third kappa shape index (κ3) is 9.60. The van der Waals surface area contributed by atoms with Crippen LogP contribution in [0.1, 0.15) is 63.5 Å². The monoisotopic (exact) mass is 689 g/mol. The summed E-state index contributed by atoms with van der Waals surface area (Å²) < 4.78 is 11.1. The number of hydrogen-bond acceptors (Lipinski definition) is 7. The normalized spacial score (nSPS) is 13.3. The number of benzene rings is 4. The van der Waals surface area contributed by atoms with E-state index in [4.69, 9.17) is 9.26 Å². The molecule has 0 spiro atoms. The molecule has 0 saturated heterocycles. The van der Waals surface area contributed by atoms with E-state index in [-0.39, 0.29) is 12.3 Å². The van der Waals surface area contributed by atoms with Crippen LogP contribution < -0.4 is 5.32 Å². The second-order valence-corrected chi connectivity index (χ2v) is 14.6. The lowest BCUT2D eigenvalue weighted by atomic mass is 9.97. The zero-order valence-electron chi connectivity index (χ0n) is 30.6. The summed E-state index contributed by atoms with van der Waals surface area (Å²) in [6.45, 7) is 10.6. The number of fused-ring (bicyclic) bond motifs is 2. The van der Waals surface area contributed by atoms with Gasteiger partial charge in [0, 0.05) is 33.0 Å². The first-order valence-corrected chi connectivity index (χ1v) is 17.1. The standard InChI is InChI=1S/C41H47N5O5/c1-27-42-37(51-44-27)34(25-28-17-19-30-13-9-11-15-32(30)23-28)46(8)38(48)35(26-29-18-20-31-14-10-12-16-33(31)24-29)45(7)36(47)21-22-41(5,6)43-39(49)50-40(2,3)4/h9-24,34-35H,25-26H2,1-8H3,(H,43,49)/b22-21+/t34-,35?/m1/s1. The molecule has 51 heavy (non-hydrogen) atoms. The number of ether oxygens (including phenoxy) is 1. The molecular weight excluding hydrogens is 642 g/mol. The fourth-order valence-electron chi connectivity index (χ4n) is 5.95. The van der Waals surface area contributed by atoms with Crippen LogP contribution in [0.3, 0.4) is 0 Å². The number of amides is 3. The van der Waals surface area contributed by atoms with Gasteiger partial charge >= 0.3 is 6.09 Å². The molecule has 5 aromatic rings. The van der Waals surface area contributed by atoms with Crippen molar-refractivity contribution in [1.82, 2.24) is 25.3 Å². The van der Waals surface area contributed by atoms with Gasteiger partial charge in [0.05, 0.1) is 5.54 Å². The highest BCUT2D eigenvalue weighted by molar-refractivity contribution is 5.93. The lowest BCUT2D eigenvalue weighted by Gasteiger charge is -2.34. The summed E-state index contributed by atoms with van der Waals surface area (Å²) >= 11 is 0. The first-order chi connectivity index (χ1) is 24.1. The Balaban J connectivity index is 1.45. The third-order valence-corrected chi connectivity index (χ3v) is 8.70. The molecular formula is C41H47N5O5. The van der Waals surface area contributed by atoms with Crippen molar-refractivity contribution in [2.75, 3.05) is 14.1 Å². The van der Waals surface area contributed by atoms with Gasteiger partial charge in [0.15, 0.2) is 5.82 Å². The van der Waals surface area contributed by atoms with Gasteiger partial charge in [-0.3, -0.25) is 9.59 Å². The highest BCUT2D eigenvalue weighted by atomic mass is 16.6. The molecule has 1 aromatic heterocycles. The summed E-state index contributed by atoms with van der Waals surface area (Å²) in [5.74, 6) is 0.0772. The molecule has 266 valence electrons. The van der Waals surface area contributed by atoms with Gasteiger partial charge in [-0.05, 0) is 74.2 Å². The van der Waals surface area contributed by atoms with Crippen molar-refractivity contribution in [2.24, 2.45) is 0 Å². The van der Waals surface area contributed by atoms with Crippen LogP contribution >= 0.6 is 0 Å². The lowest BCUT2D eigenvalue weighted by Crippen LogP contribution is -2.50. The number of rotatable bonds is 11. The number of carbonyl (C=O) groups excluding carboxylic acids is 3. The molecule has 0 radical (unpaired) electrons.